The second-order valence-electron chi connectivity index (χ2n) is 4.78. The normalized spacial score (nSPS) is 27.2. The number of hydrogen-bond acceptors (Lipinski definition) is 5. The summed E-state index contributed by atoms with van der Waals surface area (Å²) in [4.78, 5) is 0. The number of aromatic nitrogens is 1. The van der Waals surface area contributed by atoms with Crippen LogP contribution < -0.4 is 0 Å². The van der Waals surface area contributed by atoms with Crippen LogP contribution in [0.2, 0.25) is 0 Å². The highest BCUT2D eigenvalue weighted by molar-refractivity contribution is 7.71. The van der Waals surface area contributed by atoms with Gasteiger partial charge in [-0.05, 0) is 19.1 Å². The van der Waals surface area contributed by atoms with Gasteiger partial charge in [0, 0.05) is 12.6 Å². The van der Waals surface area contributed by atoms with Crippen molar-refractivity contribution in [3.63, 3.8) is 0 Å². The van der Waals surface area contributed by atoms with Crippen molar-refractivity contribution in [3.05, 3.63) is 28.7 Å². The molecule has 2 N–H and O–H groups in total. The summed E-state index contributed by atoms with van der Waals surface area (Å²) in [5.41, 5.74) is 0.746. The maximum atomic E-state index is 9.78. The first-order valence-electron chi connectivity index (χ1n) is 6.16. The lowest BCUT2D eigenvalue weighted by molar-refractivity contribution is -0.0447. The van der Waals surface area contributed by atoms with Gasteiger partial charge in [0.1, 0.15) is 28.3 Å². The molecule has 3 rings (SSSR count). The maximum absolute atomic E-state index is 9.78. The summed E-state index contributed by atoms with van der Waals surface area (Å²) in [6.45, 7) is 1.68. The Balaban J connectivity index is 2.02. The van der Waals surface area contributed by atoms with Gasteiger partial charge < -0.3 is 23.9 Å². The second kappa shape index (κ2) is 4.72. The highest BCUT2D eigenvalue weighted by Crippen LogP contribution is 2.31. The average Bonchev–Trinajstić information content (AvgIpc) is 2.92. The van der Waals surface area contributed by atoms with Crippen molar-refractivity contribution in [2.75, 3.05) is 6.61 Å². The Morgan fingerprint density at radius 1 is 1.53 bits per heavy atom. The van der Waals surface area contributed by atoms with Gasteiger partial charge >= 0.3 is 0 Å². The van der Waals surface area contributed by atoms with Gasteiger partial charge in [0.25, 0.3) is 0 Å². The predicted molar refractivity (Wildman–Crippen MR) is 71.4 cm³/mol. The number of aliphatic hydroxyl groups is 2. The molecule has 5 nitrogen and oxygen atoms in total. The molecule has 0 saturated carbocycles. The van der Waals surface area contributed by atoms with Crippen LogP contribution in [-0.2, 0) is 4.74 Å². The Kier molecular flexibility index (Phi) is 3.18. The zero-order valence-corrected chi connectivity index (χ0v) is 11.3. The van der Waals surface area contributed by atoms with Crippen LogP contribution in [0, 0.1) is 11.6 Å². The van der Waals surface area contributed by atoms with Gasteiger partial charge in [-0.15, -0.1) is 0 Å². The first-order valence-corrected chi connectivity index (χ1v) is 6.56. The molecule has 1 saturated heterocycles. The van der Waals surface area contributed by atoms with Crippen molar-refractivity contribution in [1.29, 1.82) is 0 Å². The number of furan rings is 1. The van der Waals surface area contributed by atoms with E-state index in [1.807, 2.05) is 19.1 Å². The second-order valence-corrected chi connectivity index (χ2v) is 5.16. The van der Waals surface area contributed by atoms with E-state index in [0.29, 0.717) is 11.1 Å². The predicted octanol–water partition coefficient (Wildman–Crippen LogP) is 1.91. The van der Waals surface area contributed by atoms with Crippen molar-refractivity contribution < 1.29 is 19.4 Å². The SMILES string of the molecule is Cc1cc2c(=S)n([C@H]3C[C@@H](O)[C@@H](CO)O3)ccc2o1. The monoisotopic (exact) mass is 281 g/mol. The van der Waals surface area contributed by atoms with E-state index in [1.54, 1.807) is 10.8 Å². The molecule has 0 spiro atoms. The van der Waals surface area contributed by atoms with Crippen LogP contribution in [0.5, 0.6) is 0 Å². The number of ether oxygens (including phenoxy) is 1. The molecule has 0 bridgehead atoms. The molecule has 0 unspecified atom stereocenters. The quantitative estimate of drug-likeness (QED) is 0.823. The van der Waals surface area contributed by atoms with E-state index in [0.717, 1.165) is 16.7 Å². The third-order valence-corrected chi connectivity index (χ3v) is 3.86. The molecular formula is C13H15NO4S. The molecule has 0 aliphatic carbocycles. The molecule has 6 heteroatoms. The van der Waals surface area contributed by atoms with Crippen molar-refractivity contribution in [2.45, 2.75) is 31.8 Å². The van der Waals surface area contributed by atoms with E-state index in [1.165, 1.54) is 0 Å². The van der Waals surface area contributed by atoms with E-state index in [-0.39, 0.29) is 12.8 Å². The number of pyridine rings is 1. The fourth-order valence-electron chi connectivity index (χ4n) is 2.45. The van der Waals surface area contributed by atoms with Gasteiger partial charge in [0.2, 0.25) is 0 Å². The average molecular weight is 281 g/mol. The lowest BCUT2D eigenvalue weighted by atomic mass is 10.2. The molecule has 0 amide bonds. The fraction of sp³-hybridized carbons (Fsp3) is 0.462. The van der Waals surface area contributed by atoms with Crippen LogP contribution in [0.4, 0.5) is 0 Å². The maximum Gasteiger partial charge on any atom is 0.138 e. The largest absolute Gasteiger partial charge is 0.461 e. The molecule has 3 atom stereocenters. The van der Waals surface area contributed by atoms with Crippen LogP contribution >= 0.6 is 12.2 Å². The minimum atomic E-state index is -0.668. The highest BCUT2D eigenvalue weighted by atomic mass is 32.1. The molecule has 0 aromatic carbocycles. The van der Waals surface area contributed by atoms with Crippen molar-refractivity contribution >= 4 is 23.2 Å². The molecule has 1 fully saturated rings. The van der Waals surface area contributed by atoms with Gasteiger partial charge in [-0.1, -0.05) is 12.2 Å². The summed E-state index contributed by atoms with van der Waals surface area (Å²) in [6.07, 6.45) is 0.652. The first-order chi connectivity index (χ1) is 9.10. The number of nitrogens with zero attached hydrogens (tertiary/aromatic N) is 1. The molecule has 2 aromatic rings. The molecular weight excluding hydrogens is 266 g/mol. The van der Waals surface area contributed by atoms with Crippen molar-refractivity contribution in [3.8, 4) is 0 Å². The van der Waals surface area contributed by atoms with E-state index >= 15 is 0 Å². The lowest BCUT2D eigenvalue weighted by Gasteiger charge is -2.15. The summed E-state index contributed by atoms with van der Waals surface area (Å²) in [6, 6.07) is 3.73. The minimum Gasteiger partial charge on any atom is -0.461 e. The zero-order chi connectivity index (χ0) is 13.6. The third kappa shape index (κ3) is 2.10. The smallest absolute Gasteiger partial charge is 0.138 e. The number of aliphatic hydroxyl groups excluding tert-OH is 2. The number of rotatable bonds is 2. The summed E-state index contributed by atoms with van der Waals surface area (Å²) in [5, 5.41) is 19.7. The first kappa shape index (κ1) is 12.8. The van der Waals surface area contributed by atoms with E-state index in [4.69, 9.17) is 26.5 Å². The Labute approximate surface area is 115 Å². The van der Waals surface area contributed by atoms with Crippen molar-refractivity contribution in [1.82, 2.24) is 4.57 Å². The number of aryl methyl sites for hydroxylation is 1. The molecule has 1 aliphatic rings. The summed E-state index contributed by atoms with van der Waals surface area (Å²) < 4.78 is 13.5. The van der Waals surface area contributed by atoms with Crippen LogP contribution in [-0.4, -0.2) is 33.6 Å². The Morgan fingerprint density at radius 3 is 3.00 bits per heavy atom. The van der Waals surface area contributed by atoms with Gasteiger partial charge in [-0.3, -0.25) is 0 Å². The lowest BCUT2D eigenvalue weighted by Crippen LogP contribution is -2.24. The Bertz CT molecular complexity index is 662. The fourth-order valence-corrected chi connectivity index (χ4v) is 2.79. The van der Waals surface area contributed by atoms with Crippen LogP contribution in [0.25, 0.3) is 11.0 Å². The van der Waals surface area contributed by atoms with E-state index in [2.05, 4.69) is 0 Å². The third-order valence-electron chi connectivity index (χ3n) is 3.43. The van der Waals surface area contributed by atoms with Gasteiger partial charge in [0.15, 0.2) is 0 Å². The van der Waals surface area contributed by atoms with Crippen LogP contribution in [0.15, 0.2) is 22.7 Å². The highest BCUT2D eigenvalue weighted by Gasteiger charge is 2.34. The summed E-state index contributed by atoms with van der Waals surface area (Å²) >= 11 is 5.44. The Morgan fingerprint density at radius 2 is 2.32 bits per heavy atom. The molecule has 2 aromatic heterocycles. The van der Waals surface area contributed by atoms with Gasteiger partial charge in [-0.25, -0.2) is 0 Å². The van der Waals surface area contributed by atoms with Gasteiger partial charge in [-0.2, -0.15) is 0 Å². The Hall–Kier alpha value is -1.21. The summed E-state index contributed by atoms with van der Waals surface area (Å²) in [5.74, 6) is 0.805. The molecule has 0 radical (unpaired) electrons. The minimum absolute atomic E-state index is 0.196. The van der Waals surface area contributed by atoms with E-state index < -0.39 is 12.2 Å². The topological polar surface area (TPSA) is 67.8 Å². The molecule has 19 heavy (non-hydrogen) atoms. The molecule has 3 heterocycles. The standard InChI is InChI=1S/C13H15NO4S/c1-7-4-8-10(17-7)2-3-14(13(8)19)12-5-9(16)11(6-15)18-12/h2-4,9,11-12,15-16H,5-6H2,1H3/t9-,11-,12-/m1/s1. The van der Waals surface area contributed by atoms with Crippen molar-refractivity contribution in [2.24, 2.45) is 0 Å². The molecule has 1 aliphatic heterocycles. The number of hydrogen-bond donors (Lipinski definition) is 2. The zero-order valence-electron chi connectivity index (χ0n) is 10.4. The van der Waals surface area contributed by atoms with Gasteiger partial charge in [0.05, 0.1) is 18.1 Å². The van der Waals surface area contributed by atoms with E-state index in [9.17, 15) is 5.11 Å². The molecule has 102 valence electrons. The number of fused-ring (bicyclic) bond motifs is 1. The summed E-state index contributed by atoms with van der Waals surface area (Å²) in [7, 11) is 0. The van der Waals surface area contributed by atoms with Crippen LogP contribution in [0.1, 0.15) is 18.4 Å². The van der Waals surface area contributed by atoms with Crippen LogP contribution in [0.3, 0.4) is 0 Å².